The van der Waals surface area contributed by atoms with Crippen molar-refractivity contribution in [3.05, 3.63) is 77.0 Å². The molecule has 0 aliphatic carbocycles. The Morgan fingerprint density at radius 3 is 2.52 bits per heavy atom. The average Bonchev–Trinajstić information content (AvgIpc) is 3.11. The zero-order valence-corrected chi connectivity index (χ0v) is 16.8. The summed E-state index contributed by atoms with van der Waals surface area (Å²) >= 11 is 0. The number of rotatable bonds is 4. The third-order valence-corrected chi connectivity index (χ3v) is 6.34. The van der Waals surface area contributed by atoms with Crippen LogP contribution in [0.2, 0.25) is 0 Å². The van der Waals surface area contributed by atoms with Crippen molar-refractivity contribution in [2.24, 2.45) is 7.05 Å². The Bertz CT molecular complexity index is 1210. The number of para-hydroxylation sites is 2. The summed E-state index contributed by atoms with van der Waals surface area (Å²) in [5.74, 6) is 0.613. The SMILES string of the molecule is Cn1cc(C2CCN(CCn3cnc4ccccc4c3=O)CC2)c2ccccc21. The number of nitrogens with zero attached hydrogens (tertiary/aromatic N) is 4. The number of likely N-dealkylation sites (tertiary alicyclic amines) is 1. The third kappa shape index (κ3) is 3.36. The lowest BCUT2D eigenvalue weighted by Gasteiger charge is -2.32. The fraction of sp³-hybridized carbons (Fsp3) is 0.333. The summed E-state index contributed by atoms with van der Waals surface area (Å²) in [4.78, 5) is 19.6. The lowest BCUT2D eigenvalue weighted by molar-refractivity contribution is 0.205. The summed E-state index contributed by atoms with van der Waals surface area (Å²) in [6.07, 6.45) is 6.33. The molecule has 3 heterocycles. The molecule has 0 atom stereocenters. The number of aromatic nitrogens is 3. The van der Waals surface area contributed by atoms with Crippen LogP contribution >= 0.6 is 0 Å². The molecule has 1 saturated heterocycles. The van der Waals surface area contributed by atoms with E-state index in [1.807, 2.05) is 24.3 Å². The van der Waals surface area contributed by atoms with Crippen LogP contribution in [0.1, 0.15) is 24.3 Å². The lowest BCUT2D eigenvalue weighted by Crippen LogP contribution is -2.36. The molecule has 148 valence electrons. The van der Waals surface area contributed by atoms with Gasteiger partial charge in [0.25, 0.3) is 5.56 Å². The topological polar surface area (TPSA) is 43.1 Å². The Balaban J connectivity index is 1.25. The zero-order chi connectivity index (χ0) is 19.8. The van der Waals surface area contributed by atoms with Gasteiger partial charge in [0.05, 0.1) is 17.2 Å². The second-order valence-electron chi connectivity index (χ2n) is 8.09. The molecule has 0 N–H and O–H groups in total. The molecule has 0 spiro atoms. The minimum absolute atomic E-state index is 0.0567. The van der Waals surface area contributed by atoms with E-state index in [0.717, 1.165) is 25.2 Å². The lowest BCUT2D eigenvalue weighted by atomic mass is 9.89. The molecular weight excluding hydrogens is 360 g/mol. The predicted octanol–water partition coefficient (Wildman–Crippen LogP) is 3.77. The Kier molecular flexibility index (Phi) is 4.68. The molecule has 1 fully saturated rings. The van der Waals surface area contributed by atoms with Crippen LogP contribution in [0.3, 0.4) is 0 Å². The molecule has 2 aromatic heterocycles. The fourth-order valence-electron chi connectivity index (χ4n) is 4.68. The first-order valence-corrected chi connectivity index (χ1v) is 10.4. The predicted molar refractivity (Wildman–Crippen MR) is 117 cm³/mol. The average molecular weight is 386 g/mol. The molecule has 1 aliphatic rings. The van der Waals surface area contributed by atoms with Gasteiger partial charge in [-0.25, -0.2) is 4.98 Å². The molecule has 0 unspecified atom stereocenters. The number of hydrogen-bond donors (Lipinski definition) is 0. The van der Waals surface area contributed by atoms with Crippen molar-refractivity contribution in [1.82, 2.24) is 19.0 Å². The fourth-order valence-corrected chi connectivity index (χ4v) is 4.68. The third-order valence-electron chi connectivity index (χ3n) is 6.34. The molecule has 5 heteroatoms. The van der Waals surface area contributed by atoms with Gasteiger partial charge in [0.1, 0.15) is 0 Å². The van der Waals surface area contributed by atoms with E-state index in [-0.39, 0.29) is 5.56 Å². The molecule has 5 rings (SSSR count). The molecule has 0 amide bonds. The highest BCUT2D eigenvalue weighted by atomic mass is 16.1. The number of aryl methyl sites for hydroxylation is 1. The Labute approximate surface area is 170 Å². The van der Waals surface area contributed by atoms with Crippen LogP contribution in [0, 0.1) is 0 Å². The summed E-state index contributed by atoms with van der Waals surface area (Å²) in [6, 6.07) is 16.2. The minimum atomic E-state index is 0.0567. The zero-order valence-electron chi connectivity index (χ0n) is 16.8. The Morgan fingerprint density at radius 1 is 0.966 bits per heavy atom. The summed E-state index contributed by atoms with van der Waals surface area (Å²) in [5.41, 5.74) is 3.62. The van der Waals surface area contributed by atoms with E-state index in [4.69, 9.17) is 0 Å². The van der Waals surface area contributed by atoms with Crippen molar-refractivity contribution in [1.29, 1.82) is 0 Å². The molecule has 5 nitrogen and oxygen atoms in total. The first kappa shape index (κ1) is 18.1. The van der Waals surface area contributed by atoms with Gasteiger partial charge in [-0.1, -0.05) is 30.3 Å². The van der Waals surface area contributed by atoms with Crippen LogP contribution in [0.15, 0.2) is 65.8 Å². The standard InChI is InChI=1S/C24H26N4O/c1-26-16-21(19-6-3-5-9-23(19)26)18-10-12-27(13-11-18)14-15-28-17-25-22-8-4-2-7-20(22)24(28)29/h2-9,16-18H,10-15H2,1H3. The van der Waals surface area contributed by atoms with Gasteiger partial charge in [0, 0.05) is 37.2 Å². The highest BCUT2D eigenvalue weighted by molar-refractivity contribution is 5.84. The van der Waals surface area contributed by atoms with Gasteiger partial charge in [-0.15, -0.1) is 0 Å². The van der Waals surface area contributed by atoms with Crippen molar-refractivity contribution < 1.29 is 0 Å². The monoisotopic (exact) mass is 386 g/mol. The van der Waals surface area contributed by atoms with Gasteiger partial charge in [-0.2, -0.15) is 0 Å². The summed E-state index contributed by atoms with van der Waals surface area (Å²) in [5, 5.41) is 2.09. The molecule has 4 aromatic rings. The molecule has 2 aromatic carbocycles. The maximum absolute atomic E-state index is 12.7. The first-order valence-electron chi connectivity index (χ1n) is 10.4. The molecule has 29 heavy (non-hydrogen) atoms. The van der Waals surface area contributed by atoms with Crippen LogP contribution in [0.4, 0.5) is 0 Å². The maximum atomic E-state index is 12.7. The van der Waals surface area contributed by atoms with Crippen molar-refractivity contribution in [2.75, 3.05) is 19.6 Å². The van der Waals surface area contributed by atoms with Crippen LogP contribution in [0.5, 0.6) is 0 Å². The smallest absolute Gasteiger partial charge is 0.261 e. The second-order valence-corrected chi connectivity index (χ2v) is 8.09. The molecule has 0 radical (unpaired) electrons. The molecule has 0 bridgehead atoms. The van der Waals surface area contributed by atoms with Crippen molar-refractivity contribution in [3.8, 4) is 0 Å². The first-order chi connectivity index (χ1) is 14.2. The number of piperidine rings is 1. The Hall–Kier alpha value is -2.92. The van der Waals surface area contributed by atoms with Crippen LogP contribution in [0.25, 0.3) is 21.8 Å². The molecule has 0 saturated carbocycles. The normalized spacial score (nSPS) is 16.0. The second kappa shape index (κ2) is 7.48. The van der Waals surface area contributed by atoms with E-state index in [0.29, 0.717) is 17.8 Å². The van der Waals surface area contributed by atoms with Gasteiger partial charge < -0.3 is 9.47 Å². The number of hydrogen-bond acceptors (Lipinski definition) is 3. The van der Waals surface area contributed by atoms with Gasteiger partial charge in [-0.05, 0) is 55.6 Å². The van der Waals surface area contributed by atoms with Gasteiger partial charge in [0.2, 0.25) is 0 Å². The van der Waals surface area contributed by atoms with Crippen molar-refractivity contribution in [2.45, 2.75) is 25.3 Å². The number of benzene rings is 2. The summed E-state index contributed by atoms with van der Waals surface area (Å²) < 4.78 is 4.00. The van der Waals surface area contributed by atoms with E-state index in [9.17, 15) is 4.79 Å². The largest absolute Gasteiger partial charge is 0.350 e. The van der Waals surface area contributed by atoms with Gasteiger partial charge in [0.15, 0.2) is 0 Å². The van der Waals surface area contributed by atoms with Crippen LogP contribution < -0.4 is 5.56 Å². The van der Waals surface area contributed by atoms with Gasteiger partial charge in [-0.3, -0.25) is 9.36 Å². The quantitative estimate of drug-likeness (QED) is 0.536. The Morgan fingerprint density at radius 2 is 1.69 bits per heavy atom. The summed E-state index contributed by atoms with van der Waals surface area (Å²) in [6.45, 7) is 3.73. The van der Waals surface area contributed by atoms with E-state index in [1.165, 1.54) is 29.3 Å². The van der Waals surface area contributed by atoms with Crippen LogP contribution in [-0.2, 0) is 13.6 Å². The van der Waals surface area contributed by atoms with Crippen molar-refractivity contribution >= 4 is 21.8 Å². The van der Waals surface area contributed by atoms with E-state index < -0.39 is 0 Å². The van der Waals surface area contributed by atoms with Gasteiger partial charge >= 0.3 is 0 Å². The highest BCUT2D eigenvalue weighted by Crippen LogP contribution is 2.34. The van der Waals surface area contributed by atoms with Crippen molar-refractivity contribution in [3.63, 3.8) is 0 Å². The van der Waals surface area contributed by atoms with E-state index in [1.54, 1.807) is 10.9 Å². The highest BCUT2D eigenvalue weighted by Gasteiger charge is 2.23. The van der Waals surface area contributed by atoms with E-state index >= 15 is 0 Å². The molecular formula is C24H26N4O. The van der Waals surface area contributed by atoms with E-state index in [2.05, 4.69) is 52.0 Å². The maximum Gasteiger partial charge on any atom is 0.261 e. The number of fused-ring (bicyclic) bond motifs is 2. The minimum Gasteiger partial charge on any atom is -0.350 e. The van der Waals surface area contributed by atoms with Crippen LogP contribution in [-0.4, -0.2) is 38.7 Å². The molecule has 1 aliphatic heterocycles. The summed E-state index contributed by atoms with van der Waals surface area (Å²) in [7, 11) is 2.14.